The number of pyridine rings is 1. The standard InChI is InChI=1S/C16H26N4O/c1-5-19(13(2)3)16-14(12-17-9-11-21-4)20-10-7-6-8-15(20)18-16/h6-8,10,13,17H,5,9,11-12H2,1-4H3. The van der Waals surface area contributed by atoms with Crippen molar-refractivity contribution < 1.29 is 4.74 Å². The van der Waals surface area contributed by atoms with Crippen molar-refractivity contribution in [1.82, 2.24) is 14.7 Å². The average molecular weight is 290 g/mol. The highest BCUT2D eigenvalue weighted by atomic mass is 16.5. The fourth-order valence-electron chi connectivity index (χ4n) is 2.57. The molecule has 2 heterocycles. The van der Waals surface area contributed by atoms with Crippen LogP contribution in [-0.4, -0.2) is 42.2 Å². The number of methoxy groups -OCH3 is 1. The number of aromatic nitrogens is 2. The Hall–Kier alpha value is -1.59. The largest absolute Gasteiger partial charge is 0.383 e. The summed E-state index contributed by atoms with van der Waals surface area (Å²) >= 11 is 0. The third-order valence-electron chi connectivity index (χ3n) is 3.62. The minimum Gasteiger partial charge on any atom is -0.383 e. The van der Waals surface area contributed by atoms with E-state index in [2.05, 4.69) is 47.7 Å². The SMILES string of the molecule is CCN(c1nc2ccccn2c1CNCCOC)C(C)C. The van der Waals surface area contributed by atoms with E-state index < -0.39 is 0 Å². The molecule has 1 N–H and O–H groups in total. The van der Waals surface area contributed by atoms with E-state index in [4.69, 9.17) is 9.72 Å². The second-order valence-electron chi connectivity index (χ2n) is 5.36. The second-order valence-corrected chi connectivity index (χ2v) is 5.36. The number of anilines is 1. The molecule has 0 spiro atoms. The zero-order chi connectivity index (χ0) is 15.2. The first-order chi connectivity index (χ1) is 10.2. The molecule has 2 aromatic rings. The van der Waals surface area contributed by atoms with E-state index >= 15 is 0 Å². The highest BCUT2D eigenvalue weighted by Gasteiger charge is 2.18. The molecule has 2 rings (SSSR count). The van der Waals surface area contributed by atoms with Gasteiger partial charge in [0.05, 0.1) is 12.3 Å². The molecule has 0 bridgehead atoms. The van der Waals surface area contributed by atoms with Gasteiger partial charge in [-0.15, -0.1) is 0 Å². The fraction of sp³-hybridized carbons (Fsp3) is 0.562. The van der Waals surface area contributed by atoms with E-state index in [-0.39, 0.29) is 0 Å². The fourth-order valence-corrected chi connectivity index (χ4v) is 2.57. The number of ether oxygens (including phenoxy) is 1. The lowest BCUT2D eigenvalue weighted by molar-refractivity contribution is 0.199. The minimum atomic E-state index is 0.428. The molecule has 5 nitrogen and oxygen atoms in total. The van der Waals surface area contributed by atoms with Crippen molar-refractivity contribution in [1.29, 1.82) is 0 Å². The van der Waals surface area contributed by atoms with Gasteiger partial charge in [0.1, 0.15) is 5.65 Å². The van der Waals surface area contributed by atoms with Gasteiger partial charge < -0.3 is 19.4 Å². The number of hydrogen-bond acceptors (Lipinski definition) is 4. The summed E-state index contributed by atoms with van der Waals surface area (Å²) in [7, 11) is 1.72. The van der Waals surface area contributed by atoms with Crippen LogP contribution in [0.25, 0.3) is 5.65 Å². The Bertz CT molecular complexity index is 564. The monoisotopic (exact) mass is 290 g/mol. The number of hydrogen-bond donors (Lipinski definition) is 1. The molecule has 0 unspecified atom stereocenters. The Kier molecular flexibility index (Phi) is 5.59. The molecule has 0 aliphatic heterocycles. The molecule has 0 fully saturated rings. The van der Waals surface area contributed by atoms with Crippen LogP contribution in [0.5, 0.6) is 0 Å². The third kappa shape index (κ3) is 3.54. The zero-order valence-corrected chi connectivity index (χ0v) is 13.5. The van der Waals surface area contributed by atoms with E-state index in [1.165, 1.54) is 5.69 Å². The van der Waals surface area contributed by atoms with Gasteiger partial charge in [-0.05, 0) is 32.9 Å². The number of fused-ring (bicyclic) bond motifs is 1. The van der Waals surface area contributed by atoms with Crippen molar-refractivity contribution >= 4 is 11.5 Å². The molecule has 0 aromatic carbocycles. The highest BCUT2D eigenvalue weighted by Crippen LogP contribution is 2.23. The van der Waals surface area contributed by atoms with Crippen LogP contribution < -0.4 is 10.2 Å². The quantitative estimate of drug-likeness (QED) is 0.758. The predicted molar refractivity (Wildman–Crippen MR) is 86.9 cm³/mol. The van der Waals surface area contributed by atoms with Crippen LogP contribution >= 0.6 is 0 Å². The van der Waals surface area contributed by atoms with Gasteiger partial charge in [0.2, 0.25) is 0 Å². The number of nitrogens with zero attached hydrogens (tertiary/aromatic N) is 3. The van der Waals surface area contributed by atoms with Crippen LogP contribution in [0.1, 0.15) is 26.5 Å². The molecule has 0 saturated carbocycles. The van der Waals surface area contributed by atoms with Gasteiger partial charge in [0.15, 0.2) is 5.82 Å². The van der Waals surface area contributed by atoms with Crippen molar-refractivity contribution in [3.8, 4) is 0 Å². The van der Waals surface area contributed by atoms with E-state index in [9.17, 15) is 0 Å². The van der Waals surface area contributed by atoms with Gasteiger partial charge in [-0.25, -0.2) is 4.98 Å². The molecule has 0 amide bonds. The van der Waals surface area contributed by atoms with Crippen molar-refractivity contribution in [3.63, 3.8) is 0 Å². The summed E-state index contributed by atoms with van der Waals surface area (Å²) in [6.07, 6.45) is 2.08. The summed E-state index contributed by atoms with van der Waals surface area (Å²) in [5, 5.41) is 3.43. The Balaban J connectivity index is 2.33. The first-order valence-corrected chi connectivity index (χ1v) is 7.61. The number of rotatable bonds is 8. The molecule has 0 aliphatic rings. The molecule has 0 saturated heterocycles. The molecule has 2 aromatic heterocycles. The van der Waals surface area contributed by atoms with Crippen LogP contribution in [0.15, 0.2) is 24.4 Å². The maximum absolute atomic E-state index is 5.09. The molecular weight excluding hydrogens is 264 g/mol. The summed E-state index contributed by atoms with van der Waals surface area (Å²) in [6, 6.07) is 6.55. The van der Waals surface area contributed by atoms with E-state index in [1.807, 2.05) is 12.1 Å². The maximum Gasteiger partial charge on any atom is 0.152 e. The van der Waals surface area contributed by atoms with Crippen LogP contribution in [0.4, 0.5) is 5.82 Å². The molecule has 21 heavy (non-hydrogen) atoms. The first-order valence-electron chi connectivity index (χ1n) is 7.61. The summed E-state index contributed by atoms with van der Waals surface area (Å²) in [5.74, 6) is 1.07. The smallest absolute Gasteiger partial charge is 0.152 e. The molecule has 5 heteroatoms. The van der Waals surface area contributed by atoms with E-state index in [0.29, 0.717) is 12.6 Å². The second kappa shape index (κ2) is 7.43. The summed E-state index contributed by atoms with van der Waals surface area (Å²) in [5.41, 5.74) is 2.20. The number of imidazole rings is 1. The van der Waals surface area contributed by atoms with Crippen molar-refractivity contribution in [2.75, 3.05) is 31.7 Å². The first kappa shape index (κ1) is 15.8. The molecular formula is C16H26N4O. The third-order valence-corrected chi connectivity index (χ3v) is 3.62. The van der Waals surface area contributed by atoms with Crippen LogP contribution in [0, 0.1) is 0 Å². The predicted octanol–water partition coefficient (Wildman–Crippen LogP) is 2.31. The summed E-state index contributed by atoms with van der Waals surface area (Å²) < 4.78 is 7.26. The lowest BCUT2D eigenvalue weighted by atomic mass is 10.3. The van der Waals surface area contributed by atoms with Crippen LogP contribution in [-0.2, 0) is 11.3 Å². The minimum absolute atomic E-state index is 0.428. The van der Waals surface area contributed by atoms with Crippen molar-refractivity contribution in [3.05, 3.63) is 30.1 Å². The van der Waals surface area contributed by atoms with Crippen molar-refractivity contribution in [2.45, 2.75) is 33.4 Å². The lowest BCUT2D eigenvalue weighted by Gasteiger charge is -2.26. The topological polar surface area (TPSA) is 41.8 Å². The lowest BCUT2D eigenvalue weighted by Crippen LogP contribution is -2.32. The average Bonchev–Trinajstić information content (AvgIpc) is 2.82. The Morgan fingerprint density at radius 2 is 2.19 bits per heavy atom. The molecule has 0 aliphatic carbocycles. The zero-order valence-electron chi connectivity index (χ0n) is 13.5. The normalized spacial score (nSPS) is 11.5. The summed E-state index contributed by atoms with van der Waals surface area (Å²) in [6.45, 7) is 9.87. The van der Waals surface area contributed by atoms with Gasteiger partial charge in [0.25, 0.3) is 0 Å². The van der Waals surface area contributed by atoms with Gasteiger partial charge >= 0.3 is 0 Å². The highest BCUT2D eigenvalue weighted by molar-refractivity contribution is 5.56. The Morgan fingerprint density at radius 1 is 1.38 bits per heavy atom. The van der Waals surface area contributed by atoms with Crippen LogP contribution in [0.3, 0.4) is 0 Å². The molecule has 0 radical (unpaired) electrons. The van der Waals surface area contributed by atoms with Gasteiger partial charge in [-0.1, -0.05) is 6.07 Å². The Labute approximate surface area is 126 Å². The maximum atomic E-state index is 5.09. The van der Waals surface area contributed by atoms with Gasteiger partial charge in [0, 0.05) is 39.0 Å². The van der Waals surface area contributed by atoms with Gasteiger partial charge in [-0.2, -0.15) is 0 Å². The summed E-state index contributed by atoms with van der Waals surface area (Å²) in [4.78, 5) is 7.16. The van der Waals surface area contributed by atoms with E-state index in [0.717, 1.165) is 31.1 Å². The van der Waals surface area contributed by atoms with E-state index in [1.54, 1.807) is 7.11 Å². The molecule has 0 atom stereocenters. The van der Waals surface area contributed by atoms with Crippen molar-refractivity contribution in [2.24, 2.45) is 0 Å². The number of nitrogens with one attached hydrogen (secondary N) is 1. The molecule has 116 valence electrons. The Morgan fingerprint density at radius 3 is 2.86 bits per heavy atom. The van der Waals surface area contributed by atoms with Gasteiger partial charge in [-0.3, -0.25) is 0 Å². The van der Waals surface area contributed by atoms with Crippen LogP contribution in [0.2, 0.25) is 0 Å².